The first-order valence-corrected chi connectivity index (χ1v) is 9.62. The Morgan fingerprint density at radius 1 is 0.900 bits per heavy atom. The highest BCUT2D eigenvalue weighted by molar-refractivity contribution is 5.96. The first-order valence-electron chi connectivity index (χ1n) is 9.62. The van der Waals surface area contributed by atoms with Crippen molar-refractivity contribution in [2.24, 2.45) is 0 Å². The zero-order valence-corrected chi connectivity index (χ0v) is 17.1. The molecule has 3 aromatic rings. The molecule has 0 fully saturated rings. The molecule has 2 N–H and O–H groups in total. The van der Waals surface area contributed by atoms with Gasteiger partial charge in [-0.25, -0.2) is 0 Å². The third-order valence-electron chi connectivity index (χ3n) is 4.55. The van der Waals surface area contributed by atoms with E-state index < -0.39 is 0 Å². The molecule has 0 aliphatic heterocycles. The van der Waals surface area contributed by atoms with E-state index in [1.165, 1.54) is 0 Å². The standard InChI is InChI=1S/C24H25N3O3/c1-27(17-18-7-4-3-5-8-18)24(29)19-9-6-10-21(15-19)25-16-23(28)26-20-11-13-22(30-2)14-12-20/h3-15,25H,16-17H2,1-2H3,(H,26,28). The molecule has 0 radical (unpaired) electrons. The minimum absolute atomic E-state index is 0.0785. The van der Waals surface area contributed by atoms with Crippen molar-refractivity contribution in [3.63, 3.8) is 0 Å². The van der Waals surface area contributed by atoms with E-state index in [4.69, 9.17) is 4.74 Å². The molecular weight excluding hydrogens is 378 g/mol. The Labute approximate surface area is 176 Å². The molecule has 0 bridgehead atoms. The predicted octanol–water partition coefficient (Wildman–Crippen LogP) is 4.02. The van der Waals surface area contributed by atoms with Crippen LogP contribution in [0.5, 0.6) is 5.75 Å². The first kappa shape index (κ1) is 20.9. The van der Waals surface area contributed by atoms with E-state index in [0.717, 1.165) is 11.3 Å². The Bertz CT molecular complexity index is 988. The average Bonchev–Trinajstić information content (AvgIpc) is 2.78. The minimum Gasteiger partial charge on any atom is -0.497 e. The van der Waals surface area contributed by atoms with E-state index in [1.807, 2.05) is 36.4 Å². The van der Waals surface area contributed by atoms with Crippen LogP contribution < -0.4 is 15.4 Å². The van der Waals surface area contributed by atoms with Gasteiger partial charge in [-0.3, -0.25) is 9.59 Å². The maximum Gasteiger partial charge on any atom is 0.253 e. The molecule has 3 rings (SSSR count). The number of amides is 2. The third kappa shape index (κ3) is 5.85. The molecule has 2 amide bonds. The van der Waals surface area contributed by atoms with Crippen LogP contribution in [0.4, 0.5) is 11.4 Å². The van der Waals surface area contributed by atoms with Gasteiger partial charge in [0.15, 0.2) is 0 Å². The SMILES string of the molecule is COc1ccc(NC(=O)CNc2cccc(C(=O)N(C)Cc3ccccc3)c2)cc1. The van der Waals surface area contributed by atoms with Crippen LogP contribution in [0, 0.1) is 0 Å². The number of hydrogen-bond acceptors (Lipinski definition) is 4. The maximum atomic E-state index is 12.7. The number of anilines is 2. The van der Waals surface area contributed by atoms with Crippen LogP contribution in [0.15, 0.2) is 78.9 Å². The van der Waals surface area contributed by atoms with Crippen molar-refractivity contribution in [2.45, 2.75) is 6.54 Å². The van der Waals surface area contributed by atoms with Crippen LogP contribution in [0.2, 0.25) is 0 Å². The normalized spacial score (nSPS) is 10.2. The summed E-state index contributed by atoms with van der Waals surface area (Å²) in [7, 11) is 3.37. The summed E-state index contributed by atoms with van der Waals surface area (Å²) in [5.74, 6) is 0.466. The highest BCUT2D eigenvalue weighted by Gasteiger charge is 2.13. The number of ether oxygens (including phenoxy) is 1. The van der Waals surface area contributed by atoms with Gasteiger partial charge in [-0.05, 0) is 48.0 Å². The van der Waals surface area contributed by atoms with Crippen LogP contribution in [0.1, 0.15) is 15.9 Å². The van der Waals surface area contributed by atoms with Crippen LogP contribution >= 0.6 is 0 Å². The monoisotopic (exact) mass is 403 g/mol. The Balaban J connectivity index is 1.55. The van der Waals surface area contributed by atoms with Crippen LogP contribution in [-0.4, -0.2) is 37.4 Å². The largest absolute Gasteiger partial charge is 0.497 e. The third-order valence-corrected chi connectivity index (χ3v) is 4.55. The fourth-order valence-corrected chi connectivity index (χ4v) is 2.97. The van der Waals surface area contributed by atoms with Gasteiger partial charge in [-0.15, -0.1) is 0 Å². The molecule has 6 nitrogen and oxygen atoms in total. The van der Waals surface area contributed by atoms with Crippen molar-refractivity contribution < 1.29 is 14.3 Å². The summed E-state index contributed by atoms with van der Waals surface area (Å²) < 4.78 is 5.10. The lowest BCUT2D eigenvalue weighted by Crippen LogP contribution is -2.26. The van der Waals surface area contributed by atoms with E-state index in [-0.39, 0.29) is 18.4 Å². The van der Waals surface area contributed by atoms with Crippen molar-refractivity contribution in [2.75, 3.05) is 31.3 Å². The molecule has 0 saturated heterocycles. The van der Waals surface area contributed by atoms with Crippen molar-refractivity contribution in [1.82, 2.24) is 4.90 Å². The Hall–Kier alpha value is -3.80. The van der Waals surface area contributed by atoms with Crippen LogP contribution in [-0.2, 0) is 11.3 Å². The van der Waals surface area contributed by atoms with E-state index in [2.05, 4.69) is 10.6 Å². The van der Waals surface area contributed by atoms with E-state index >= 15 is 0 Å². The quantitative estimate of drug-likeness (QED) is 0.596. The van der Waals surface area contributed by atoms with Gasteiger partial charge >= 0.3 is 0 Å². The van der Waals surface area contributed by atoms with Gasteiger partial charge in [0.2, 0.25) is 5.91 Å². The zero-order valence-electron chi connectivity index (χ0n) is 17.1. The lowest BCUT2D eigenvalue weighted by molar-refractivity contribution is -0.114. The Kier molecular flexibility index (Phi) is 7.05. The van der Waals surface area contributed by atoms with Gasteiger partial charge < -0.3 is 20.3 Å². The molecule has 0 aliphatic rings. The number of nitrogens with one attached hydrogen (secondary N) is 2. The summed E-state index contributed by atoms with van der Waals surface area (Å²) in [6.07, 6.45) is 0. The van der Waals surface area contributed by atoms with Gasteiger partial charge in [0, 0.05) is 30.5 Å². The first-order chi connectivity index (χ1) is 14.5. The highest BCUT2D eigenvalue weighted by atomic mass is 16.5. The summed E-state index contributed by atoms with van der Waals surface area (Å²) in [5.41, 5.74) is 3.03. The van der Waals surface area contributed by atoms with Crippen molar-refractivity contribution in [1.29, 1.82) is 0 Å². The number of benzene rings is 3. The number of nitrogens with zero attached hydrogens (tertiary/aromatic N) is 1. The van der Waals surface area contributed by atoms with E-state index in [0.29, 0.717) is 23.5 Å². The smallest absolute Gasteiger partial charge is 0.253 e. The van der Waals surface area contributed by atoms with Crippen LogP contribution in [0.3, 0.4) is 0 Å². The number of carbonyl (C=O) groups is 2. The van der Waals surface area contributed by atoms with Crippen LogP contribution in [0.25, 0.3) is 0 Å². The zero-order chi connectivity index (χ0) is 21.3. The summed E-state index contributed by atoms with van der Waals surface area (Å²) in [5, 5.41) is 5.88. The lowest BCUT2D eigenvalue weighted by atomic mass is 10.1. The second kappa shape index (κ2) is 10.1. The molecule has 6 heteroatoms. The second-order valence-electron chi connectivity index (χ2n) is 6.86. The van der Waals surface area contributed by atoms with Crippen molar-refractivity contribution in [3.05, 3.63) is 90.0 Å². The van der Waals surface area contributed by atoms with Gasteiger partial charge in [0.25, 0.3) is 5.91 Å². The van der Waals surface area contributed by atoms with E-state index in [9.17, 15) is 9.59 Å². The number of rotatable bonds is 8. The summed E-state index contributed by atoms with van der Waals surface area (Å²) in [6, 6.07) is 24.1. The Morgan fingerprint density at radius 2 is 1.63 bits per heavy atom. The molecule has 0 aromatic heterocycles. The minimum atomic E-state index is -0.182. The molecule has 3 aromatic carbocycles. The maximum absolute atomic E-state index is 12.7. The van der Waals surface area contributed by atoms with Gasteiger partial charge in [-0.2, -0.15) is 0 Å². The molecule has 0 spiro atoms. The number of hydrogen-bond donors (Lipinski definition) is 2. The molecule has 0 saturated carbocycles. The topological polar surface area (TPSA) is 70.7 Å². The highest BCUT2D eigenvalue weighted by Crippen LogP contribution is 2.16. The number of methoxy groups -OCH3 is 1. The molecule has 0 aliphatic carbocycles. The molecule has 154 valence electrons. The fraction of sp³-hybridized carbons (Fsp3) is 0.167. The molecule has 0 unspecified atom stereocenters. The molecule has 30 heavy (non-hydrogen) atoms. The van der Waals surface area contributed by atoms with Gasteiger partial charge in [0.05, 0.1) is 13.7 Å². The molecular formula is C24H25N3O3. The lowest BCUT2D eigenvalue weighted by Gasteiger charge is -2.18. The van der Waals surface area contributed by atoms with Gasteiger partial charge in [-0.1, -0.05) is 36.4 Å². The molecule has 0 heterocycles. The van der Waals surface area contributed by atoms with Crippen molar-refractivity contribution >= 4 is 23.2 Å². The Morgan fingerprint density at radius 3 is 2.33 bits per heavy atom. The summed E-state index contributed by atoms with van der Waals surface area (Å²) in [4.78, 5) is 26.6. The van der Waals surface area contributed by atoms with Crippen molar-refractivity contribution in [3.8, 4) is 5.75 Å². The summed E-state index contributed by atoms with van der Waals surface area (Å²) in [6.45, 7) is 0.616. The summed E-state index contributed by atoms with van der Waals surface area (Å²) >= 11 is 0. The van der Waals surface area contributed by atoms with E-state index in [1.54, 1.807) is 61.5 Å². The van der Waals surface area contributed by atoms with Gasteiger partial charge in [0.1, 0.15) is 5.75 Å². The fourth-order valence-electron chi connectivity index (χ4n) is 2.97. The predicted molar refractivity (Wildman–Crippen MR) is 119 cm³/mol. The number of carbonyl (C=O) groups excluding carboxylic acids is 2. The second-order valence-corrected chi connectivity index (χ2v) is 6.86. The molecule has 0 atom stereocenters. The average molecular weight is 403 g/mol.